The van der Waals surface area contributed by atoms with Crippen LogP contribution in [0.5, 0.6) is 5.75 Å². The smallest absolute Gasteiger partial charge is 0.231 e. The summed E-state index contributed by atoms with van der Waals surface area (Å²) in [5, 5.41) is 10.1. The highest BCUT2D eigenvalue weighted by molar-refractivity contribution is 5.98. The lowest BCUT2D eigenvalue weighted by Gasteiger charge is -2.34. The minimum Gasteiger partial charge on any atom is -0.508 e. The number of anilines is 1. The lowest BCUT2D eigenvalue weighted by molar-refractivity contribution is -0.118. The molecule has 2 aliphatic heterocycles. The molecule has 158 valence electrons. The van der Waals surface area contributed by atoms with Crippen molar-refractivity contribution >= 4 is 11.6 Å². The Labute approximate surface area is 180 Å². The van der Waals surface area contributed by atoms with Crippen LogP contribution in [0, 0.1) is 5.82 Å². The van der Waals surface area contributed by atoms with E-state index in [0.717, 1.165) is 35.2 Å². The predicted octanol–water partition coefficient (Wildman–Crippen LogP) is 4.84. The van der Waals surface area contributed by atoms with Crippen LogP contribution in [0.1, 0.15) is 24.0 Å². The van der Waals surface area contributed by atoms with Crippen molar-refractivity contribution < 1.29 is 19.0 Å². The van der Waals surface area contributed by atoms with E-state index in [1.165, 1.54) is 12.1 Å². The maximum Gasteiger partial charge on any atom is 0.231 e. The van der Waals surface area contributed by atoms with Crippen molar-refractivity contribution in [1.29, 1.82) is 0 Å². The molecule has 5 heteroatoms. The minimum atomic E-state index is -0.266. The molecule has 1 amide bonds. The van der Waals surface area contributed by atoms with E-state index in [1.54, 1.807) is 24.3 Å². The Morgan fingerprint density at radius 3 is 2.55 bits per heavy atom. The van der Waals surface area contributed by atoms with Gasteiger partial charge < -0.3 is 14.7 Å². The van der Waals surface area contributed by atoms with Gasteiger partial charge in [0.2, 0.25) is 5.91 Å². The Bertz CT molecular complexity index is 1140. The molecule has 0 aliphatic carbocycles. The first kappa shape index (κ1) is 19.8. The van der Waals surface area contributed by atoms with Gasteiger partial charge in [-0.1, -0.05) is 36.4 Å². The summed E-state index contributed by atoms with van der Waals surface area (Å²) >= 11 is 0. The SMILES string of the molecule is O=C(Cc1ccccc1O)N1CC2(CCOCC2)c2cc(-c3cccc(F)c3)ccc21. The zero-order chi connectivity index (χ0) is 21.4. The first-order chi connectivity index (χ1) is 15.1. The van der Waals surface area contributed by atoms with Crippen LogP contribution in [0.15, 0.2) is 66.7 Å². The average Bonchev–Trinajstić information content (AvgIpc) is 3.09. The summed E-state index contributed by atoms with van der Waals surface area (Å²) in [6.07, 6.45) is 1.82. The van der Waals surface area contributed by atoms with Crippen molar-refractivity contribution in [3.63, 3.8) is 0 Å². The first-order valence-electron chi connectivity index (χ1n) is 10.6. The number of para-hydroxylation sites is 1. The van der Waals surface area contributed by atoms with Crippen LogP contribution in [0.2, 0.25) is 0 Å². The molecule has 0 saturated carbocycles. The third-order valence-corrected chi connectivity index (χ3v) is 6.56. The fourth-order valence-corrected chi connectivity index (χ4v) is 4.85. The molecule has 2 heterocycles. The van der Waals surface area contributed by atoms with Gasteiger partial charge >= 0.3 is 0 Å². The molecule has 1 spiro atoms. The van der Waals surface area contributed by atoms with Crippen LogP contribution < -0.4 is 4.90 Å². The van der Waals surface area contributed by atoms with E-state index in [4.69, 9.17) is 4.74 Å². The van der Waals surface area contributed by atoms with Crippen molar-refractivity contribution in [3.05, 3.63) is 83.7 Å². The molecule has 4 nitrogen and oxygen atoms in total. The number of nitrogens with zero attached hydrogens (tertiary/aromatic N) is 1. The standard InChI is InChI=1S/C26H24FNO3/c27-21-6-3-5-18(14-21)19-8-9-23-22(15-19)26(10-12-31-13-11-26)17-28(23)25(30)16-20-4-1-2-7-24(20)29/h1-9,14-15,29H,10-13,16-17H2. The molecule has 31 heavy (non-hydrogen) atoms. The zero-order valence-corrected chi connectivity index (χ0v) is 17.2. The van der Waals surface area contributed by atoms with Gasteiger partial charge in [-0.05, 0) is 59.9 Å². The van der Waals surface area contributed by atoms with E-state index in [2.05, 4.69) is 6.07 Å². The van der Waals surface area contributed by atoms with E-state index < -0.39 is 0 Å². The highest BCUT2D eigenvalue weighted by Gasteiger charge is 2.45. The van der Waals surface area contributed by atoms with Gasteiger partial charge in [-0.15, -0.1) is 0 Å². The van der Waals surface area contributed by atoms with Gasteiger partial charge in [0.05, 0.1) is 6.42 Å². The fourth-order valence-electron chi connectivity index (χ4n) is 4.85. The molecule has 3 aromatic carbocycles. The Kier molecular flexibility index (Phi) is 4.98. The molecule has 5 rings (SSSR count). The molecule has 3 aromatic rings. The monoisotopic (exact) mass is 417 g/mol. The van der Waals surface area contributed by atoms with Crippen molar-refractivity contribution in [1.82, 2.24) is 0 Å². The Hall–Kier alpha value is -3.18. The second-order valence-electron chi connectivity index (χ2n) is 8.42. The van der Waals surface area contributed by atoms with Crippen LogP contribution in [-0.4, -0.2) is 30.8 Å². The molecule has 0 radical (unpaired) electrons. The van der Waals surface area contributed by atoms with Gasteiger partial charge in [-0.25, -0.2) is 4.39 Å². The molecule has 2 aliphatic rings. The molecule has 0 unspecified atom stereocenters. The number of phenols is 1. The van der Waals surface area contributed by atoms with Crippen molar-refractivity contribution in [2.75, 3.05) is 24.7 Å². The number of amides is 1. The highest BCUT2D eigenvalue weighted by atomic mass is 19.1. The van der Waals surface area contributed by atoms with E-state index in [0.29, 0.717) is 25.3 Å². The lowest BCUT2D eigenvalue weighted by Crippen LogP contribution is -2.41. The summed E-state index contributed by atoms with van der Waals surface area (Å²) in [5.41, 5.74) is 4.26. The molecule has 1 saturated heterocycles. The number of fused-ring (bicyclic) bond motifs is 2. The lowest BCUT2D eigenvalue weighted by atomic mass is 9.75. The zero-order valence-electron chi connectivity index (χ0n) is 17.2. The Morgan fingerprint density at radius 2 is 1.77 bits per heavy atom. The number of hydrogen-bond acceptors (Lipinski definition) is 3. The van der Waals surface area contributed by atoms with Gasteiger partial charge in [-0.3, -0.25) is 4.79 Å². The maximum atomic E-state index is 13.8. The molecule has 0 atom stereocenters. The van der Waals surface area contributed by atoms with Gasteiger partial charge in [0.25, 0.3) is 0 Å². The van der Waals surface area contributed by atoms with E-state index in [9.17, 15) is 14.3 Å². The van der Waals surface area contributed by atoms with E-state index in [1.807, 2.05) is 29.2 Å². The number of carbonyl (C=O) groups excluding carboxylic acids is 1. The number of aromatic hydroxyl groups is 1. The number of rotatable bonds is 3. The number of phenolic OH excluding ortho intramolecular Hbond substituents is 1. The van der Waals surface area contributed by atoms with Crippen LogP contribution in [0.4, 0.5) is 10.1 Å². The van der Waals surface area contributed by atoms with Crippen LogP contribution in [0.3, 0.4) is 0 Å². The minimum absolute atomic E-state index is 0.0374. The van der Waals surface area contributed by atoms with Gasteiger partial charge in [-0.2, -0.15) is 0 Å². The average molecular weight is 417 g/mol. The summed E-state index contributed by atoms with van der Waals surface area (Å²) in [4.78, 5) is 15.1. The summed E-state index contributed by atoms with van der Waals surface area (Å²) in [6.45, 7) is 1.92. The summed E-state index contributed by atoms with van der Waals surface area (Å²) in [6, 6.07) is 19.6. The van der Waals surface area contributed by atoms with Crippen LogP contribution in [-0.2, 0) is 21.4 Å². The predicted molar refractivity (Wildman–Crippen MR) is 118 cm³/mol. The molecule has 1 N–H and O–H groups in total. The summed E-state index contributed by atoms with van der Waals surface area (Å²) in [5.74, 6) is -0.166. The Morgan fingerprint density at radius 1 is 1.00 bits per heavy atom. The topological polar surface area (TPSA) is 49.8 Å². The second-order valence-corrected chi connectivity index (χ2v) is 8.42. The third kappa shape index (κ3) is 3.59. The van der Waals surface area contributed by atoms with Crippen LogP contribution >= 0.6 is 0 Å². The van der Waals surface area contributed by atoms with Gasteiger partial charge in [0.1, 0.15) is 11.6 Å². The number of carbonyl (C=O) groups is 1. The second kappa shape index (κ2) is 7.82. The Balaban J connectivity index is 1.53. The van der Waals surface area contributed by atoms with Gasteiger partial charge in [0.15, 0.2) is 0 Å². The van der Waals surface area contributed by atoms with Crippen molar-refractivity contribution in [3.8, 4) is 16.9 Å². The van der Waals surface area contributed by atoms with Crippen LogP contribution in [0.25, 0.3) is 11.1 Å². The first-order valence-corrected chi connectivity index (χ1v) is 10.6. The van der Waals surface area contributed by atoms with E-state index >= 15 is 0 Å². The number of halogens is 1. The number of benzene rings is 3. The fraction of sp³-hybridized carbons (Fsp3) is 0.269. The maximum absolute atomic E-state index is 13.8. The third-order valence-electron chi connectivity index (χ3n) is 6.56. The number of ether oxygens (including phenoxy) is 1. The molecular formula is C26H24FNO3. The largest absolute Gasteiger partial charge is 0.508 e. The molecule has 0 bridgehead atoms. The van der Waals surface area contributed by atoms with Gasteiger partial charge in [0, 0.05) is 36.4 Å². The van der Waals surface area contributed by atoms with Crippen molar-refractivity contribution in [2.45, 2.75) is 24.7 Å². The van der Waals surface area contributed by atoms with Crippen molar-refractivity contribution in [2.24, 2.45) is 0 Å². The molecule has 1 fully saturated rings. The van der Waals surface area contributed by atoms with E-state index in [-0.39, 0.29) is 29.3 Å². The number of hydrogen-bond donors (Lipinski definition) is 1. The normalized spacial score (nSPS) is 17.0. The molecular weight excluding hydrogens is 393 g/mol. The highest BCUT2D eigenvalue weighted by Crippen LogP contribution is 2.48. The quantitative estimate of drug-likeness (QED) is 0.664. The molecule has 0 aromatic heterocycles. The summed E-state index contributed by atoms with van der Waals surface area (Å²) in [7, 11) is 0. The summed E-state index contributed by atoms with van der Waals surface area (Å²) < 4.78 is 19.4.